The Balaban J connectivity index is 0. The Hall–Kier alpha value is 2.74. The van der Waals surface area contributed by atoms with Gasteiger partial charge in [0.1, 0.15) is 0 Å². The molecule has 0 N–H and O–H groups in total. The summed E-state index contributed by atoms with van der Waals surface area (Å²) in [6, 6.07) is 0. The second kappa shape index (κ2) is 17.2. The van der Waals surface area contributed by atoms with Crippen LogP contribution in [0.1, 0.15) is 0 Å². The van der Waals surface area contributed by atoms with Crippen molar-refractivity contribution < 1.29 is 69.2 Å². The van der Waals surface area contributed by atoms with E-state index in [2.05, 4.69) is 0 Å². The van der Waals surface area contributed by atoms with E-state index in [-0.39, 0.29) is 86.5 Å². The second-order valence-electron chi connectivity index (χ2n) is 0. The molecular formula is H3AlCuLaNi. The molecule has 4 heteroatoms. The van der Waals surface area contributed by atoms with E-state index in [0.29, 0.717) is 0 Å². The Morgan fingerprint density at radius 2 is 1.00 bits per heavy atom. The van der Waals surface area contributed by atoms with Gasteiger partial charge in [-0.25, -0.2) is 0 Å². The predicted octanol–water partition coefficient (Wildman–Crippen LogP) is -1.19. The zero-order valence-electron chi connectivity index (χ0n) is 1.20. The Bertz CT molecular complexity index is 8.00. The fraction of sp³-hybridized carbons (Fsp3) is 0. The van der Waals surface area contributed by atoms with Gasteiger partial charge in [-0.1, -0.05) is 0 Å². The molecule has 0 aliphatic carbocycles. The van der Waals surface area contributed by atoms with Gasteiger partial charge in [-0.3, -0.25) is 0 Å². The van der Waals surface area contributed by atoms with Crippen molar-refractivity contribution in [2.45, 2.75) is 0 Å². The fourth-order valence-electron chi connectivity index (χ4n) is 0. The van der Waals surface area contributed by atoms with E-state index in [9.17, 15) is 0 Å². The third kappa shape index (κ3) is 8.83. The van der Waals surface area contributed by atoms with Crippen LogP contribution in [0.15, 0.2) is 0 Å². The van der Waals surface area contributed by atoms with Crippen LogP contribution in [0.2, 0.25) is 0 Å². The zero-order valence-corrected chi connectivity index (χ0v) is 6.75. The standard InChI is InChI=1S/Al.Cu.La.Ni.3H. The van der Waals surface area contributed by atoms with E-state index in [0.717, 1.165) is 0 Å². The molecule has 0 heterocycles. The van der Waals surface area contributed by atoms with Crippen LogP contribution < -0.4 is 0 Å². The van der Waals surface area contributed by atoms with Gasteiger partial charge >= 0.3 is 0 Å². The Labute approximate surface area is 85.0 Å². The maximum atomic E-state index is 0. The molecule has 0 nitrogen and oxygen atoms in total. The molecule has 0 amide bonds. The first-order valence-electron chi connectivity index (χ1n) is 0. The molecule has 0 aromatic heterocycles. The molecule has 0 aliphatic rings. The molecule has 0 fully saturated rings. The minimum Gasteiger partial charge on any atom is 0 e. The predicted molar refractivity (Wildman–Crippen MR) is 9.94 cm³/mol. The van der Waals surface area contributed by atoms with Gasteiger partial charge in [0, 0.05) is 69.2 Å². The maximum absolute atomic E-state index is 0. The Kier molecular flexibility index (Phi) is 127. The van der Waals surface area contributed by atoms with Crippen LogP contribution in [0.4, 0.5) is 0 Å². The topological polar surface area (TPSA) is 0 Å². The van der Waals surface area contributed by atoms with Crippen molar-refractivity contribution in [2.75, 3.05) is 0 Å². The van der Waals surface area contributed by atoms with E-state index in [1.54, 1.807) is 0 Å². The summed E-state index contributed by atoms with van der Waals surface area (Å²) >= 11 is 0. The molecular weight excluding hydrogens is 288 g/mol. The smallest absolute Gasteiger partial charge is 0 e. The first-order valence-corrected chi connectivity index (χ1v) is 0. The number of rotatable bonds is 0. The molecule has 0 rings (SSSR count). The summed E-state index contributed by atoms with van der Waals surface area (Å²) in [6.07, 6.45) is 0. The Morgan fingerprint density at radius 1 is 1.00 bits per heavy atom. The van der Waals surface area contributed by atoms with E-state index in [4.69, 9.17) is 0 Å². The quantitative estimate of drug-likeness (QED) is 0.493. The third-order valence-corrected chi connectivity index (χ3v) is 0. The second-order valence-corrected chi connectivity index (χ2v) is 0. The molecule has 0 atom stereocenters. The van der Waals surface area contributed by atoms with Crippen molar-refractivity contribution in [3.63, 3.8) is 0 Å². The summed E-state index contributed by atoms with van der Waals surface area (Å²) in [4.78, 5) is 0. The molecule has 0 spiro atoms. The van der Waals surface area contributed by atoms with Gasteiger partial charge in [-0.15, -0.1) is 0 Å². The molecule has 0 saturated carbocycles. The average molecular weight is 291 g/mol. The summed E-state index contributed by atoms with van der Waals surface area (Å²) in [5, 5.41) is 0. The van der Waals surface area contributed by atoms with Crippen molar-refractivity contribution in [3.8, 4) is 0 Å². The van der Waals surface area contributed by atoms with Gasteiger partial charge in [0.2, 0.25) is 0 Å². The van der Waals surface area contributed by atoms with E-state index in [1.165, 1.54) is 0 Å². The van der Waals surface area contributed by atoms with E-state index in [1.807, 2.05) is 0 Å². The zero-order chi connectivity index (χ0) is 0. The summed E-state index contributed by atoms with van der Waals surface area (Å²) in [5.74, 6) is 0. The largest absolute Gasteiger partial charge is 0.187 e. The van der Waals surface area contributed by atoms with Crippen LogP contribution in [0, 0.1) is 35.6 Å². The van der Waals surface area contributed by atoms with Crippen molar-refractivity contribution in [3.05, 3.63) is 0 Å². The van der Waals surface area contributed by atoms with Crippen LogP contribution in [0.25, 0.3) is 0 Å². The van der Waals surface area contributed by atoms with Gasteiger partial charge in [-0.2, -0.15) is 0 Å². The summed E-state index contributed by atoms with van der Waals surface area (Å²) in [7, 11) is 0. The number of hydrogen-bond donors (Lipinski definition) is 0. The average Bonchev–Trinajstić information content (AvgIpc) is 0. The molecule has 0 saturated heterocycles. The van der Waals surface area contributed by atoms with Crippen LogP contribution in [0.5, 0.6) is 0 Å². The molecule has 2 radical (unpaired) electrons. The van der Waals surface area contributed by atoms with E-state index >= 15 is 0 Å². The summed E-state index contributed by atoms with van der Waals surface area (Å²) < 4.78 is 0. The molecule has 0 aromatic rings. The normalized spacial score (nSPS) is 0. The van der Waals surface area contributed by atoms with Gasteiger partial charge in [0.25, 0.3) is 0 Å². The summed E-state index contributed by atoms with van der Waals surface area (Å²) in [5.41, 5.74) is 0. The van der Waals surface area contributed by atoms with Crippen LogP contribution in [-0.2, 0) is 33.6 Å². The van der Waals surface area contributed by atoms with Crippen LogP contribution in [0.3, 0.4) is 0 Å². The minimum absolute atomic E-state index is 0. The molecule has 4 heavy (non-hydrogen) atoms. The van der Waals surface area contributed by atoms with Crippen LogP contribution in [-0.4, -0.2) is 17.4 Å². The van der Waals surface area contributed by atoms with Gasteiger partial charge in [0.05, 0.1) is 0 Å². The van der Waals surface area contributed by atoms with E-state index < -0.39 is 0 Å². The van der Waals surface area contributed by atoms with Crippen molar-refractivity contribution in [2.24, 2.45) is 0 Å². The molecule has 0 aromatic carbocycles. The first-order chi connectivity index (χ1) is 0. The van der Waals surface area contributed by atoms with Crippen LogP contribution >= 0.6 is 0 Å². The molecule has 0 bridgehead atoms. The van der Waals surface area contributed by atoms with Crippen molar-refractivity contribution in [1.82, 2.24) is 0 Å². The van der Waals surface area contributed by atoms with Gasteiger partial charge in [-0.05, 0) is 0 Å². The SMILES string of the molecule is [AlH3].[Cu].[La].[Ni]. The molecule has 30 valence electrons. The van der Waals surface area contributed by atoms with Gasteiger partial charge in [0.15, 0.2) is 17.4 Å². The fourth-order valence-corrected chi connectivity index (χ4v) is 0. The maximum Gasteiger partial charge on any atom is 0.187 e. The summed E-state index contributed by atoms with van der Waals surface area (Å²) in [6.45, 7) is 0. The van der Waals surface area contributed by atoms with Gasteiger partial charge < -0.3 is 0 Å². The monoisotopic (exact) mass is 290 g/mol. The minimum atomic E-state index is 0. The molecule has 0 unspecified atom stereocenters. The third-order valence-electron chi connectivity index (χ3n) is 0. The molecule has 0 aliphatic heterocycles. The van der Waals surface area contributed by atoms with Crippen molar-refractivity contribution >= 4 is 17.4 Å². The Morgan fingerprint density at radius 3 is 1.00 bits per heavy atom. The number of hydrogen-bond acceptors (Lipinski definition) is 0. The first kappa shape index (κ1) is 29.6. The van der Waals surface area contributed by atoms with Crippen molar-refractivity contribution in [1.29, 1.82) is 0 Å².